The number of fused-ring (bicyclic) bond motifs is 3. The first-order chi connectivity index (χ1) is 30.8. The van der Waals surface area contributed by atoms with E-state index in [0.29, 0.717) is 53.1 Å². The first kappa shape index (κ1) is 44.8. The number of hydrogen-bond acceptors (Lipinski definition) is 13. The molecule has 340 valence electrons. The topological polar surface area (TPSA) is 207 Å². The normalized spacial score (nSPS) is 24.7. The molecule has 3 fully saturated rings. The molecule has 4 N–H and O–H groups in total. The number of pyridine rings is 1. The highest BCUT2D eigenvalue weighted by atomic mass is 32.2. The minimum Gasteiger partial charge on any atom is -0.497 e. The van der Waals surface area contributed by atoms with Crippen molar-refractivity contribution in [2.24, 2.45) is 5.92 Å². The minimum atomic E-state index is -4.28. The molecular formula is C46H55N7O9S2. The molecule has 2 aromatic carbocycles. The fourth-order valence-electron chi connectivity index (χ4n) is 8.79. The van der Waals surface area contributed by atoms with Crippen LogP contribution in [0.5, 0.6) is 11.5 Å². The summed E-state index contributed by atoms with van der Waals surface area (Å²) in [5.41, 5.74) is 0.150. The number of carbonyl (C=O) groups is 4. The van der Waals surface area contributed by atoms with Gasteiger partial charge in [-0.25, -0.2) is 27.9 Å². The second kappa shape index (κ2) is 19.2. The van der Waals surface area contributed by atoms with Gasteiger partial charge in [-0.15, -0.1) is 11.3 Å². The number of hydrogen-bond donors (Lipinski definition) is 4. The van der Waals surface area contributed by atoms with Gasteiger partial charge in [0.05, 0.1) is 29.8 Å². The lowest BCUT2D eigenvalue weighted by molar-refractivity contribution is -0.141. The van der Waals surface area contributed by atoms with Crippen LogP contribution in [0.2, 0.25) is 0 Å². The number of alkyl carbamates (subject to hydrolysis) is 1. The Morgan fingerprint density at radius 1 is 0.953 bits per heavy atom. The molecule has 4 aromatic rings. The molecule has 4 aliphatic rings. The number of anilines is 1. The van der Waals surface area contributed by atoms with E-state index < -0.39 is 63.5 Å². The maximum atomic E-state index is 14.8. The smallest absolute Gasteiger partial charge is 0.408 e. The van der Waals surface area contributed by atoms with Crippen LogP contribution in [-0.4, -0.2) is 96.6 Å². The molecule has 2 unspecified atom stereocenters. The molecule has 0 spiro atoms. The molecule has 2 aromatic heterocycles. The van der Waals surface area contributed by atoms with Crippen LogP contribution < -0.4 is 30.1 Å². The summed E-state index contributed by atoms with van der Waals surface area (Å²) < 4.78 is 47.0. The van der Waals surface area contributed by atoms with Gasteiger partial charge in [-0.1, -0.05) is 43.2 Å². The molecule has 8 rings (SSSR count). The van der Waals surface area contributed by atoms with E-state index in [1.54, 1.807) is 43.5 Å². The average molecular weight is 914 g/mol. The lowest BCUT2D eigenvalue weighted by atomic mass is 10.0. The number of thiazole rings is 1. The summed E-state index contributed by atoms with van der Waals surface area (Å²) in [6, 6.07) is 12.8. The molecule has 5 atom stereocenters. The van der Waals surface area contributed by atoms with E-state index in [9.17, 15) is 27.6 Å². The fraction of sp³-hybridized carbons (Fsp3) is 0.478. The van der Waals surface area contributed by atoms with Crippen LogP contribution in [0.1, 0.15) is 84.5 Å². The van der Waals surface area contributed by atoms with Gasteiger partial charge in [-0.3, -0.25) is 14.4 Å². The minimum absolute atomic E-state index is 0.0196. The number of sulfonamides is 1. The Labute approximate surface area is 377 Å². The molecule has 64 heavy (non-hydrogen) atoms. The van der Waals surface area contributed by atoms with Crippen molar-refractivity contribution in [2.45, 2.75) is 125 Å². The molecule has 0 bridgehead atoms. The SMILES string of the molecule is COc1ccc2c(O[C@@H]3CC4C(=O)N[C@]5(C(=O)NS(=O)(=O)c6ccccc6)CC5/C=C\CCCCC[C@H](NC(=O)OC5CCCC5)C(=O)N4C3)cc(-c3csc(NC(C)C)n3)nc2c1. The molecule has 2 aliphatic heterocycles. The predicted molar refractivity (Wildman–Crippen MR) is 241 cm³/mol. The summed E-state index contributed by atoms with van der Waals surface area (Å²) in [5.74, 6) is -1.48. The monoisotopic (exact) mass is 913 g/mol. The number of aromatic nitrogens is 2. The van der Waals surface area contributed by atoms with Crippen molar-refractivity contribution in [1.82, 2.24) is 30.2 Å². The molecule has 1 saturated heterocycles. The third-order valence-corrected chi connectivity index (χ3v) is 14.4. The summed E-state index contributed by atoms with van der Waals surface area (Å²) in [6.07, 6.45) is 8.88. The number of carbonyl (C=O) groups excluding carboxylic acids is 4. The first-order valence-electron chi connectivity index (χ1n) is 22.1. The molecule has 0 radical (unpaired) electrons. The molecule has 4 heterocycles. The van der Waals surface area contributed by atoms with Gasteiger partial charge in [-0.05, 0) is 89.5 Å². The summed E-state index contributed by atoms with van der Waals surface area (Å²) in [7, 11) is -2.71. The number of nitrogens with zero attached hydrogens (tertiary/aromatic N) is 3. The van der Waals surface area contributed by atoms with E-state index in [-0.39, 0.29) is 36.4 Å². The molecule has 2 saturated carbocycles. The summed E-state index contributed by atoms with van der Waals surface area (Å²) in [5, 5.41) is 12.4. The van der Waals surface area contributed by atoms with Crippen molar-refractivity contribution in [3.05, 3.63) is 72.1 Å². The summed E-state index contributed by atoms with van der Waals surface area (Å²) >= 11 is 1.45. The van der Waals surface area contributed by atoms with Gasteiger partial charge in [-0.2, -0.15) is 0 Å². The van der Waals surface area contributed by atoms with E-state index in [1.165, 1.54) is 28.4 Å². The quantitative estimate of drug-likeness (QED) is 0.119. The Bertz CT molecular complexity index is 2510. The number of amides is 4. The van der Waals surface area contributed by atoms with Gasteiger partial charge < -0.3 is 35.1 Å². The van der Waals surface area contributed by atoms with Crippen molar-refractivity contribution in [3.63, 3.8) is 0 Å². The lowest BCUT2D eigenvalue weighted by Crippen LogP contribution is -2.58. The zero-order valence-corrected chi connectivity index (χ0v) is 37.8. The van der Waals surface area contributed by atoms with E-state index in [2.05, 4.69) is 20.7 Å². The van der Waals surface area contributed by atoms with Crippen LogP contribution in [0.3, 0.4) is 0 Å². The lowest BCUT2D eigenvalue weighted by Gasteiger charge is -2.30. The van der Waals surface area contributed by atoms with Crippen LogP contribution in [0.25, 0.3) is 22.3 Å². The van der Waals surface area contributed by atoms with Gasteiger partial charge >= 0.3 is 6.09 Å². The van der Waals surface area contributed by atoms with Crippen molar-refractivity contribution < 1.29 is 41.8 Å². The van der Waals surface area contributed by atoms with Crippen LogP contribution in [0.4, 0.5) is 9.93 Å². The van der Waals surface area contributed by atoms with Gasteiger partial charge in [0.1, 0.15) is 47.0 Å². The van der Waals surface area contributed by atoms with Crippen LogP contribution in [0, 0.1) is 5.92 Å². The van der Waals surface area contributed by atoms with Gasteiger partial charge in [0.25, 0.3) is 15.9 Å². The van der Waals surface area contributed by atoms with Crippen LogP contribution >= 0.6 is 11.3 Å². The molecule has 2 aliphatic carbocycles. The largest absolute Gasteiger partial charge is 0.497 e. The second-order valence-corrected chi connectivity index (χ2v) is 19.8. The number of methoxy groups -OCH3 is 1. The van der Waals surface area contributed by atoms with Gasteiger partial charge in [0, 0.05) is 41.3 Å². The van der Waals surface area contributed by atoms with Crippen molar-refractivity contribution in [1.29, 1.82) is 0 Å². The van der Waals surface area contributed by atoms with Crippen molar-refractivity contribution in [2.75, 3.05) is 19.0 Å². The first-order valence-corrected chi connectivity index (χ1v) is 24.4. The van der Waals surface area contributed by atoms with E-state index in [0.717, 1.165) is 43.7 Å². The Hall–Kier alpha value is -5.75. The second-order valence-electron chi connectivity index (χ2n) is 17.3. The summed E-state index contributed by atoms with van der Waals surface area (Å²) in [4.78, 5) is 68.0. The van der Waals surface area contributed by atoms with Crippen molar-refractivity contribution in [3.8, 4) is 22.9 Å². The maximum absolute atomic E-state index is 14.8. The van der Waals surface area contributed by atoms with Crippen LogP contribution in [-0.2, 0) is 29.1 Å². The Kier molecular flexibility index (Phi) is 13.4. The summed E-state index contributed by atoms with van der Waals surface area (Å²) in [6.45, 7) is 4.02. The van der Waals surface area contributed by atoms with E-state index >= 15 is 0 Å². The highest BCUT2D eigenvalue weighted by Gasteiger charge is 2.61. The van der Waals surface area contributed by atoms with E-state index in [4.69, 9.17) is 24.2 Å². The van der Waals surface area contributed by atoms with Crippen molar-refractivity contribution >= 4 is 61.2 Å². The third-order valence-electron chi connectivity index (χ3n) is 12.2. The fourth-order valence-corrected chi connectivity index (χ4v) is 10.7. The third kappa shape index (κ3) is 10.1. The Morgan fingerprint density at radius 3 is 2.50 bits per heavy atom. The Balaban J connectivity index is 1.12. The number of ether oxygens (including phenoxy) is 3. The highest BCUT2D eigenvalue weighted by molar-refractivity contribution is 7.90. The predicted octanol–water partition coefficient (Wildman–Crippen LogP) is 6.47. The zero-order valence-electron chi connectivity index (χ0n) is 36.2. The molecule has 18 heteroatoms. The van der Waals surface area contributed by atoms with Gasteiger partial charge in [0.2, 0.25) is 11.8 Å². The number of rotatable bonds is 11. The maximum Gasteiger partial charge on any atom is 0.408 e. The zero-order chi connectivity index (χ0) is 45.0. The molecule has 4 amide bonds. The molecular weight excluding hydrogens is 859 g/mol. The Morgan fingerprint density at radius 2 is 1.73 bits per heavy atom. The molecule has 16 nitrogen and oxygen atoms in total. The number of benzene rings is 2. The number of nitrogens with one attached hydrogen (secondary N) is 4. The standard InChI is InChI=1S/C46H55N7O9S2/c1-28(2)47-44-49-38(27-63-44)37-24-40(34-21-20-31(60-3)22-36(34)48-37)61-32-23-39-41(54)51-46(43(56)52-64(58,59)33-17-9-7-10-18-33)25-29(46)14-8-5-4-6-11-19-35(42(55)53(39)26-32)50-45(57)62-30-15-12-13-16-30/h7-10,14,17-18,20-22,24,27-30,32,35,39H,4-6,11-13,15-16,19,23,25-26H2,1-3H3,(H,47,49)(H,50,57)(H,51,54)(H,52,56)/b14-8-/t29?,32-,35+,39?,46-/m1/s1. The average Bonchev–Trinajstić information content (AvgIpc) is 3.70. The van der Waals surface area contributed by atoms with Gasteiger partial charge in [0.15, 0.2) is 5.13 Å². The number of allylic oxidation sites excluding steroid dienone is 1. The highest BCUT2D eigenvalue weighted by Crippen LogP contribution is 2.46. The van der Waals surface area contributed by atoms with E-state index in [1.807, 2.05) is 37.4 Å². The van der Waals surface area contributed by atoms with Crippen LogP contribution in [0.15, 0.2) is 77.0 Å².